The predicted octanol–water partition coefficient (Wildman–Crippen LogP) is 4.87. The van der Waals surface area contributed by atoms with Gasteiger partial charge in [0.05, 0.1) is 0 Å². The molecule has 2 aliphatic rings. The Morgan fingerprint density at radius 1 is 0.958 bits per heavy atom. The van der Waals surface area contributed by atoms with Gasteiger partial charge in [-0.05, 0) is 42.9 Å². The van der Waals surface area contributed by atoms with Crippen LogP contribution in [0.5, 0.6) is 0 Å². The van der Waals surface area contributed by atoms with Gasteiger partial charge in [0.15, 0.2) is 11.6 Å². The molecule has 2 unspecified atom stereocenters. The molecule has 2 aliphatic heterocycles. The van der Waals surface area contributed by atoms with Gasteiger partial charge in [-0.25, -0.2) is 8.78 Å². The minimum Gasteiger partial charge on any atom is -0.289 e. The first-order valence-electron chi connectivity index (χ1n) is 8.63. The SMILES string of the molecule is Fc1cccc(CC2=CC3CCC(C2)N3Cc2ccccc2)c1F. The molecule has 1 saturated heterocycles. The Morgan fingerprint density at radius 3 is 2.58 bits per heavy atom. The molecule has 2 aromatic rings. The topological polar surface area (TPSA) is 3.24 Å². The van der Waals surface area contributed by atoms with Crippen molar-refractivity contribution >= 4 is 0 Å². The molecular formula is C21H21F2N. The molecule has 2 aromatic carbocycles. The molecule has 2 heterocycles. The third-order valence-corrected chi connectivity index (χ3v) is 5.27. The van der Waals surface area contributed by atoms with Crippen LogP contribution in [0.4, 0.5) is 8.78 Å². The van der Waals surface area contributed by atoms with E-state index in [0.717, 1.165) is 19.4 Å². The van der Waals surface area contributed by atoms with Crippen LogP contribution in [-0.4, -0.2) is 17.0 Å². The summed E-state index contributed by atoms with van der Waals surface area (Å²) in [5, 5.41) is 0. The van der Waals surface area contributed by atoms with Gasteiger partial charge in [0.25, 0.3) is 0 Å². The standard InChI is InChI=1S/C21H21F2N/c22-20-8-4-7-17(21(20)23)11-16-12-18-9-10-19(13-16)24(18)14-15-5-2-1-3-6-15/h1-8,12,18-19H,9-11,13-14H2. The van der Waals surface area contributed by atoms with E-state index in [2.05, 4.69) is 35.2 Å². The maximum atomic E-state index is 13.9. The van der Waals surface area contributed by atoms with Crippen molar-refractivity contribution in [1.82, 2.24) is 4.90 Å². The first-order valence-corrected chi connectivity index (χ1v) is 8.63. The molecule has 3 heteroatoms. The van der Waals surface area contributed by atoms with Crippen LogP contribution in [-0.2, 0) is 13.0 Å². The van der Waals surface area contributed by atoms with Crippen LogP contribution in [0, 0.1) is 11.6 Å². The minimum absolute atomic E-state index is 0.426. The average molecular weight is 325 g/mol. The van der Waals surface area contributed by atoms with Crippen molar-refractivity contribution < 1.29 is 8.78 Å². The average Bonchev–Trinajstić information content (AvgIpc) is 2.82. The summed E-state index contributed by atoms with van der Waals surface area (Å²) in [5.74, 6) is -1.45. The van der Waals surface area contributed by atoms with E-state index in [4.69, 9.17) is 0 Å². The summed E-state index contributed by atoms with van der Waals surface area (Å²) in [6.07, 6.45) is 6.11. The lowest BCUT2D eigenvalue weighted by Gasteiger charge is -2.34. The fraction of sp³-hybridized carbons (Fsp3) is 0.333. The van der Waals surface area contributed by atoms with Gasteiger partial charge in [0.2, 0.25) is 0 Å². The van der Waals surface area contributed by atoms with Gasteiger partial charge >= 0.3 is 0 Å². The van der Waals surface area contributed by atoms with Crippen molar-refractivity contribution in [2.75, 3.05) is 0 Å². The highest BCUT2D eigenvalue weighted by Gasteiger charge is 2.36. The third kappa shape index (κ3) is 3.01. The number of halogens is 2. The van der Waals surface area contributed by atoms with Gasteiger partial charge in [-0.1, -0.05) is 54.1 Å². The van der Waals surface area contributed by atoms with Crippen LogP contribution in [0.1, 0.15) is 30.4 Å². The van der Waals surface area contributed by atoms with E-state index in [1.165, 1.54) is 23.6 Å². The van der Waals surface area contributed by atoms with E-state index in [1.807, 2.05) is 6.07 Å². The van der Waals surface area contributed by atoms with Gasteiger partial charge in [-0.3, -0.25) is 4.90 Å². The highest BCUT2D eigenvalue weighted by molar-refractivity contribution is 5.28. The van der Waals surface area contributed by atoms with Crippen molar-refractivity contribution in [3.8, 4) is 0 Å². The summed E-state index contributed by atoms with van der Waals surface area (Å²) < 4.78 is 27.3. The maximum Gasteiger partial charge on any atom is 0.162 e. The Balaban J connectivity index is 1.50. The molecule has 124 valence electrons. The Labute approximate surface area is 141 Å². The molecule has 24 heavy (non-hydrogen) atoms. The van der Waals surface area contributed by atoms with Crippen LogP contribution in [0.15, 0.2) is 60.2 Å². The lowest BCUT2D eigenvalue weighted by atomic mass is 9.94. The summed E-state index contributed by atoms with van der Waals surface area (Å²) in [5.41, 5.74) is 3.05. The number of benzene rings is 2. The summed E-state index contributed by atoms with van der Waals surface area (Å²) in [7, 11) is 0. The molecule has 0 aromatic heterocycles. The molecule has 1 fully saturated rings. The van der Waals surface area contributed by atoms with Crippen molar-refractivity contribution in [2.45, 2.75) is 44.3 Å². The normalized spacial score (nSPS) is 23.3. The fourth-order valence-electron chi connectivity index (χ4n) is 4.11. The highest BCUT2D eigenvalue weighted by Crippen LogP contribution is 2.37. The van der Waals surface area contributed by atoms with E-state index in [1.54, 1.807) is 12.1 Å². The fourth-order valence-corrected chi connectivity index (χ4v) is 4.11. The molecule has 0 N–H and O–H groups in total. The molecule has 0 saturated carbocycles. The van der Waals surface area contributed by atoms with Gasteiger partial charge in [-0.2, -0.15) is 0 Å². The summed E-state index contributed by atoms with van der Waals surface area (Å²) in [6.45, 7) is 0.967. The van der Waals surface area contributed by atoms with Crippen LogP contribution < -0.4 is 0 Å². The molecular weight excluding hydrogens is 304 g/mol. The van der Waals surface area contributed by atoms with E-state index in [9.17, 15) is 8.78 Å². The number of rotatable bonds is 4. The zero-order valence-corrected chi connectivity index (χ0v) is 13.6. The largest absolute Gasteiger partial charge is 0.289 e. The summed E-state index contributed by atoms with van der Waals surface area (Å²) in [6, 6.07) is 15.9. The Morgan fingerprint density at radius 2 is 1.79 bits per heavy atom. The van der Waals surface area contributed by atoms with Gasteiger partial charge in [0.1, 0.15) is 0 Å². The second-order valence-corrected chi connectivity index (χ2v) is 6.88. The predicted molar refractivity (Wildman–Crippen MR) is 91.6 cm³/mol. The zero-order chi connectivity index (χ0) is 16.5. The summed E-state index contributed by atoms with van der Waals surface area (Å²) >= 11 is 0. The second kappa shape index (κ2) is 6.48. The molecule has 0 amide bonds. The van der Waals surface area contributed by atoms with E-state index < -0.39 is 11.6 Å². The smallest absolute Gasteiger partial charge is 0.162 e. The first kappa shape index (κ1) is 15.5. The lowest BCUT2D eigenvalue weighted by Crippen LogP contribution is -2.38. The van der Waals surface area contributed by atoms with E-state index in [0.29, 0.717) is 24.1 Å². The molecule has 0 aliphatic carbocycles. The van der Waals surface area contributed by atoms with Crippen LogP contribution in [0.25, 0.3) is 0 Å². The number of nitrogens with zero attached hydrogens (tertiary/aromatic N) is 1. The molecule has 0 spiro atoms. The van der Waals surface area contributed by atoms with Gasteiger partial charge < -0.3 is 0 Å². The molecule has 0 radical (unpaired) electrons. The van der Waals surface area contributed by atoms with E-state index in [-0.39, 0.29) is 0 Å². The van der Waals surface area contributed by atoms with Gasteiger partial charge in [0, 0.05) is 18.6 Å². The monoisotopic (exact) mass is 325 g/mol. The van der Waals surface area contributed by atoms with Gasteiger partial charge in [-0.15, -0.1) is 0 Å². The maximum absolute atomic E-state index is 13.9. The Bertz CT molecular complexity index is 754. The van der Waals surface area contributed by atoms with Crippen LogP contribution in [0.2, 0.25) is 0 Å². The first-order chi connectivity index (χ1) is 11.7. The summed E-state index contributed by atoms with van der Waals surface area (Å²) in [4.78, 5) is 2.56. The van der Waals surface area contributed by atoms with Crippen molar-refractivity contribution in [3.63, 3.8) is 0 Å². The van der Waals surface area contributed by atoms with E-state index >= 15 is 0 Å². The minimum atomic E-state index is -0.752. The number of hydrogen-bond donors (Lipinski definition) is 0. The quantitative estimate of drug-likeness (QED) is 0.725. The Hall–Kier alpha value is -2.00. The Kier molecular flexibility index (Phi) is 4.19. The van der Waals surface area contributed by atoms with Crippen molar-refractivity contribution in [2.24, 2.45) is 0 Å². The van der Waals surface area contributed by atoms with Crippen molar-refractivity contribution in [1.29, 1.82) is 0 Å². The number of fused-ring (bicyclic) bond motifs is 2. The molecule has 2 atom stereocenters. The van der Waals surface area contributed by atoms with Crippen LogP contribution in [0.3, 0.4) is 0 Å². The second-order valence-electron chi connectivity index (χ2n) is 6.88. The third-order valence-electron chi connectivity index (χ3n) is 5.27. The molecule has 1 nitrogen and oxygen atoms in total. The highest BCUT2D eigenvalue weighted by atomic mass is 19.2. The zero-order valence-electron chi connectivity index (χ0n) is 13.6. The van der Waals surface area contributed by atoms with Crippen molar-refractivity contribution in [3.05, 3.63) is 82.9 Å². The van der Waals surface area contributed by atoms with Crippen LogP contribution >= 0.6 is 0 Å². The molecule has 2 bridgehead atoms. The molecule has 4 rings (SSSR count). The lowest BCUT2D eigenvalue weighted by molar-refractivity contribution is 0.194. The number of hydrogen-bond acceptors (Lipinski definition) is 1.